The van der Waals surface area contributed by atoms with Crippen molar-refractivity contribution in [1.82, 2.24) is 10.6 Å². The Morgan fingerprint density at radius 2 is 1.83 bits per heavy atom. The molecule has 0 aromatic heterocycles. The molecule has 8 heteroatoms. The smallest absolute Gasteiger partial charge is 0.326 e. The Balaban J connectivity index is 4.32. The van der Waals surface area contributed by atoms with E-state index >= 15 is 0 Å². The third-order valence-corrected chi connectivity index (χ3v) is 2.91. The lowest BCUT2D eigenvalue weighted by Crippen LogP contribution is -2.50. The van der Waals surface area contributed by atoms with E-state index in [2.05, 4.69) is 10.6 Å². The minimum atomic E-state index is -1.42. The van der Waals surface area contributed by atoms with Gasteiger partial charge in [0.1, 0.15) is 6.04 Å². The molecule has 104 valence electrons. The van der Waals surface area contributed by atoms with Gasteiger partial charge in [0.25, 0.3) is 0 Å². The second-order valence-corrected chi connectivity index (χ2v) is 4.58. The van der Waals surface area contributed by atoms with Crippen LogP contribution in [0.3, 0.4) is 0 Å². The van der Waals surface area contributed by atoms with E-state index in [-0.39, 0.29) is 6.04 Å². The van der Waals surface area contributed by atoms with Gasteiger partial charge in [-0.2, -0.15) is 11.8 Å². The highest BCUT2D eigenvalue weighted by molar-refractivity contribution is 7.98. The number of carbonyl (C=O) groups is 3. The molecule has 0 aromatic rings. The predicted molar refractivity (Wildman–Crippen MR) is 67.8 cm³/mol. The van der Waals surface area contributed by atoms with Crippen LogP contribution in [0.15, 0.2) is 0 Å². The molecule has 0 bridgehead atoms. The van der Waals surface area contributed by atoms with Crippen LogP contribution < -0.4 is 10.6 Å². The Hall–Kier alpha value is -1.44. The molecule has 0 aliphatic rings. The zero-order chi connectivity index (χ0) is 14.1. The summed E-state index contributed by atoms with van der Waals surface area (Å²) >= 11 is 1.56. The number of carboxylic acid groups (broad SMARTS) is 2. The average Bonchev–Trinajstić information content (AvgIpc) is 2.26. The minimum Gasteiger partial charge on any atom is -0.481 e. The summed E-state index contributed by atoms with van der Waals surface area (Å²) in [6.07, 6.45) is 1.96. The Kier molecular flexibility index (Phi) is 7.93. The lowest BCUT2D eigenvalue weighted by Gasteiger charge is -2.18. The Bertz CT molecular complexity index is 311. The van der Waals surface area contributed by atoms with E-state index < -0.39 is 30.4 Å². The standard InChI is InChI=1S/C10H18N2O5S/c1-3-6(5-18-2)11-10(17)12-7(9(15)16)4-8(13)14/h6-7H,3-5H2,1-2H3,(H,13,14)(H,15,16)(H2,11,12,17). The SMILES string of the molecule is CCC(CSC)NC(=O)NC(CC(=O)O)C(=O)O. The van der Waals surface area contributed by atoms with Crippen LogP contribution >= 0.6 is 11.8 Å². The van der Waals surface area contributed by atoms with Gasteiger partial charge in [-0.1, -0.05) is 6.92 Å². The molecule has 0 saturated heterocycles. The van der Waals surface area contributed by atoms with Crippen LogP contribution in [0.5, 0.6) is 0 Å². The molecule has 0 spiro atoms. The first-order valence-electron chi connectivity index (χ1n) is 5.41. The number of urea groups is 1. The van der Waals surface area contributed by atoms with Crippen molar-refractivity contribution in [2.45, 2.75) is 31.8 Å². The summed E-state index contributed by atoms with van der Waals surface area (Å²) < 4.78 is 0. The van der Waals surface area contributed by atoms with E-state index in [4.69, 9.17) is 10.2 Å². The number of carboxylic acids is 2. The molecule has 2 amide bonds. The number of hydrogen-bond donors (Lipinski definition) is 4. The number of amides is 2. The van der Waals surface area contributed by atoms with Crippen molar-refractivity contribution in [3.63, 3.8) is 0 Å². The number of nitrogens with one attached hydrogen (secondary N) is 2. The van der Waals surface area contributed by atoms with Gasteiger partial charge in [0.2, 0.25) is 0 Å². The van der Waals surface area contributed by atoms with Crippen molar-refractivity contribution in [1.29, 1.82) is 0 Å². The quantitative estimate of drug-likeness (QED) is 0.509. The highest BCUT2D eigenvalue weighted by Gasteiger charge is 2.23. The van der Waals surface area contributed by atoms with Gasteiger partial charge in [-0.15, -0.1) is 0 Å². The number of rotatable bonds is 8. The number of carbonyl (C=O) groups excluding carboxylic acids is 1. The highest BCUT2D eigenvalue weighted by Crippen LogP contribution is 2.01. The van der Waals surface area contributed by atoms with Gasteiger partial charge >= 0.3 is 18.0 Å². The largest absolute Gasteiger partial charge is 0.481 e. The molecule has 18 heavy (non-hydrogen) atoms. The molecule has 0 rings (SSSR count). The minimum absolute atomic E-state index is 0.0701. The molecule has 2 unspecified atom stereocenters. The molecule has 0 heterocycles. The molecule has 0 radical (unpaired) electrons. The van der Waals surface area contributed by atoms with Crippen LogP contribution in [0.25, 0.3) is 0 Å². The third kappa shape index (κ3) is 7.00. The van der Waals surface area contributed by atoms with Gasteiger partial charge < -0.3 is 20.8 Å². The molecule has 0 aliphatic carbocycles. The molecule has 0 fully saturated rings. The summed E-state index contributed by atoms with van der Waals surface area (Å²) in [5, 5.41) is 22.0. The molecule has 0 aliphatic heterocycles. The van der Waals surface area contributed by atoms with E-state index in [0.29, 0.717) is 12.2 Å². The molecular weight excluding hydrogens is 260 g/mol. The van der Waals surface area contributed by atoms with Gasteiger partial charge in [-0.05, 0) is 12.7 Å². The topological polar surface area (TPSA) is 116 Å². The molecule has 4 N–H and O–H groups in total. The molecule has 2 atom stereocenters. The van der Waals surface area contributed by atoms with E-state index in [9.17, 15) is 14.4 Å². The fourth-order valence-electron chi connectivity index (χ4n) is 1.22. The average molecular weight is 278 g/mol. The Labute approximate surface area is 109 Å². The molecule has 7 nitrogen and oxygen atoms in total. The van der Waals surface area contributed by atoms with Crippen LogP contribution in [0, 0.1) is 0 Å². The van der Waals surface area contributed by atoms with E-state index in [1.807, 2.05) is 13.2 Å². The monoisotopic (exact) mass is 278 g/mol. The first-order chi connectivity index (χ1) is 8.40. The first kappa shape index (κ1) is 16.6. The van der Waals surface area contributed by atoms with E-state index in [1.165, 1.54) is 0 Å². The van der Waals surface area contributed by atoms with Crippen LogP contribution in [0.1, 0.15) is 19.8 Å². The van der Waals surface area contributed by atoms with Crippen molar-refractivity contribution < 1.29 is 24.6 Å². The summed E-state index contributed by atoms with van der Waals surface area (Å²) in [4.78, 5) is 32.7. The van der Waals surface area contributed by atoms with Gasteiger partial charge in [0.05, 0.1) is 6.42 Å². The van der Waals surface area contributed by atoms with Gasteiger partial charge in [0.15, 0.2) is 0 Å². The molecular formula is C10H18N2O5S. The normalized spacial score (nSPS) is 13.4. The van der Waals surface area contributed by atoms with Gasteiger partial charge in [0, 0.05) is 11.8 Å². The highest BCUT2D eigenvalue weighted by atomic mass is 32.2. The van der Waals surface area contributed by atoms with Crippen LogP contribution in [0.4, 0.5) is 4.79 Å². The second kappa shape index (κ2) is 8.62. The zero-order valence-corrected chi connectivity index (χ0v) is 11.1. The summed E-state index contributed by atoms with van der Waals surface area (Å²) in [6, 6.07) is -2.15. The van der Waals surface area contributed by atoms with Crippen molar-refractivity contribution in [3.05, 3.63) is 0 Å². The Morgan fingerprint density at radius 1 is 1.22 bits per heavy atom. The van der Waals surface area contributed by atoms with E-state index in [0.717, 1.165) is 0 Å². The third-order valence-electron chi connectivity index (χ3n) is 2.18. The van der Waals surface area contributed by atoms with E-state index in [1.54, 1.807) is 11.8 Å². The summed E-state index contributed by atoms with van der Waals surface area (Å²) in [5.41, 5.74) is 0. The first-order valence-corrected chi connectivity index (χ1v) is 6.80. The van der Waals surface area contributed by atoms with Crippen molar-refractivity contribution in [3.8, 4) is 0 Å². The summed E-state index contributed by atoms with van der Waals surface area (Å²) in [7, 11) is 0. The maximum atomic E-state index is 11.5. The van der Waals surface area contributed by atoms with Crippen molar-refractivity contribution >= 4 is 29.7 Å². The predicted octanol–water partition coefficient (Wildman–Crippen LogP) is 0.355. The second-order valence-electron chi connectivity index (χ2n) is 3.67. The molecule has 0 saturated carbocycles. The van der Waals surface area contributed by atoms with Crippen LogP contribution in [-0.4, -0.2) is 52.3 Å². The number of aliphatic carboxylic acids is 2. The molecule has 0 aromatic carbocycles. The number of thioether (sulfide) groups is 1. The number of hydrogen-bond acceptors (Lipinski definition) is 4. The maximum absolute atomic E-state index is 11.5. The summed E-state index contributed by atoms with van der Waals surface area (Å²) in [5.74, 6) is -1.94. The zero-order valence-electron chi connectivity index (χ0n) is 10.3. The lowest BCUT2D eigenvalue weighted by molar-refractivity contribution is -0.145. The van der Waals surface area contributed by atoms with Crippen LogP contribution in [-0.2, 0) is 9.59 Å². The lowest BCUT2D eigenvalue weighted by atomic mass is 10.2. The van der Waals surface area contributed by atoms with Gasteiger partial charge in [-0.3, -0.25) is 4.79 Å². The van der Waals surface area contributed by atoms with Gasteiger partial charge in [-0.25, -0.2) is 9.59 Å². The Morgan fingerprint density at radius 3 is 2.22 bits per heavy atom. The van der Waals surface area contributed by atoms with Crippen LogP contribution in [0.2, 0.25) is 0 Å². The van der Waals surface area contributed by atoms with Crippen molar-refractivity contribution in [2.75, 3.05) is 12.0 Å². The fraction of sp³-hybridized carbons (Fsp3) is 0.700. The maximum Gasteiger partial charge on any atom is 0.326 e. The van der Waals surface area contributed by atoms with Crippen molar-refractivity contribution in [2.24, 2.45) is 0 Å². The fourth-order valence-corrected chi connectivity index (χ4v) is 1.94. The summed E-state index contributed by atoms with van der Waals surface area (Å²) in [6.45, 7) is 1.90.